The first-order valence-corrected chi connectivity index (χ1v) is 39.4. The average molecular weight is 1640 g/mol. The van der Waals surface area contributed by atoms with Crippen LogP contribution in [0.2, 0.25) is 5.02 Å². The Morgan fingerprint density at radius 1 is 0.526 bits per heavy atom. The van der Waals surface area contributed by atoms with E-state index in [1.807, 2.05) is 36.1 Å². The van der Waals surface area contributed by atoms with Crippen molar-refractivity contribution < 1.29 is 71.6 Å². The van der Waals surface area contributed by atoms with Gasteiger partial charge in [-0.2, -0.15) is 0 Å². The molecule has 0 unspecified atom stereocenters. The van der Waals surface area contributed by atoms with E-state index in [9.17, 15) is 43.2 Å². The number of piperazine rings is 1. The summed E-state index contributed by atoms with van der Waals surface area (Å²) in [5.41, 5.74) is 5.05. The maximum absolute atomic E-state index is 13.9. The Kier molecular flexibility index (Phi) is 30.8. The number of amides is 9. The van der Waals surface area contributed by atoms with E-state index in [0.29, 0.717) is 108 Å². The largest absolute Gasteiger partial charge is 0.378 e. The van der Waals surface area contributed by atoms with Crippen LogP contribution in [0.4, 0.5) is 23.0 Å². The Balaban J connectivity index is 0.448. The van der Waals surface area contributed by atoms with E-state index in [4.69, 9.17) is 45.0 Å². The number of thiophene rings is 1. The van der Waals surface area contributed by atoms with Crippen LogP contribution in [0.25, 0.3) is 5.00 Å². The van der Waals surface area contributed by atoms with Crippen LogP contribution in [-0.4, -0.2) is 283 Å². The van der Waals surface area contributed by atoms with Gasteiger partial charge in [0, 0.05) is 191 Å². The Morgan fingerprint density at radius 2 is 1.03 bits per heavy atom. The van der Waals surface area contributed by atoms with Crippen LogP contribution in [0.15, 0.2) is 78.6 Å². The molecule has 9 amide bonds. The number of fused-ring (bicyclic) bond motifs is 3. The van der Waals surface area contributed by atoms with Crippen molar-refractivity contribution in [3.63, 3.8) is 0 Å². The smallest absolute Gasteiger partial charge is 0.291 e. The molecule has 38 nitrogen and oxygen atoms in total. The maximum atomic E-state index is 13.9. The number of aryl methyl sites for hydroxylation is 7. The van der Waals surface area contributed by atoms with Gasteiger partial charge >= 0.3 is 0 Å². The van der Waals surface area contributed by atoms with Crippen LogP contribution in [-0.2, 0) is 82.8 Å². The molecule has 8 N–H and O–H groups in total. The van der Waals surface area contributed by atoms with Gasteiger partial charge in [0.1, 0.15) is 28.3 Å². The fourth-order valence-corrected chi connectivity index (χ4v) is 14.4. The van der Waals surface area contributed by atoms with Gasteiger partial charge < -0.3 is 98.7 Å². The fraction of sp³-hybridized carbons (Fsp3) is 0.487. The van der Waals surface area contributed by atoms with Crippen LogP contribution in [0, 0.1) is 20.8 Å². The lowest BCUT2D eigenvalue weighted by Crippen LogP contribution is -2.64. The topological polar surface area (TPSA) is 421 Å². The zero-order chi connectivity index (χ0) is 82.4. The zero-order valence-corrected chi connectivity index (χ0v) is 67.9. The third-order valence-corrected chi connectivity index (χ3v) is 20.9. The van der Waals surface area contributed by atoms with Crippen LogP contribution < -0.4 is 42.5 Å². The summed E-state index contributed by atoms with van der Waals surface area (Å²) in [6.45, 7) is 17.4. The highest BCUT2D eigenvalue weighted by molar-refractivity contribution is 7.15. The fourth-order valence-electron chi connectivity index (χ4n) is 13.1. The number of halogens is 1. The third kappa shape index (κ3) is 23.5. The summed E-state index contributed by atoms with van der Waals surface area (Å²) in [4.78, 5) is 143. The van der Waals surface area contributed by atoms with Gasteiger partial charge in [0.05, 0.1) is 103 Å². The number of likely N-dealkylation sites (tertiary alicyclic amines) is 1. The number of nitrogens with zero attached hydrogens (tertiary/aromatic N) is 15. The SMILES string of the molecule is Cc1sc2c(c1C)C(c1ccc(Cl)cc1)=N[C@@H](CC(=O)N1CC(N3CCN(CCOCCOCCOCCOCCOCCOCCNC(=O)CCNC(=O)c4nc(NC(=O)CCNC(=O)c5cc(NC(=O)c6nc(NC(=O)CCNC(=O)c7cc(NC(=O)c8nccn8C)cn7C)cn6C)cn5C)cn4C)CC3)C1)c1nnc(C)n1-2. The number of carbonyl (C=O) groups excluding carboxylic acids is 9. The molecule has 8 aromatic rings. The predicted molar refractivity (Wildman–Crippen MR) is 429 cm³/mol. The molecule has 622 valence electrons. The number of imidazole rings is 3. The number of aliphatic imine (C=N–C) groups is 1. The molecule has 11 rings (SSSR count). The van der Waals surface area contributed by atoms with E-state index < -0.39 is 47.4 Å². The second kappa shape index (κ2) is 41.6. The van der Waals surface area contributed by atoms with Crippen molar-refractivity contribution >= 4 is 105 Å². The van der Waals surface area contributed by atoms with Gasteiger partial charge in [-0.1, -0.05) is 23.7 Å². The number of nitrogens with one attached hydrogen (secondary N) is 8. The minimum Gasteiger partial charge on any atom is -0.378 e. The van der Waals surface area contributed by atoms with Crippen molar-refractivity contribution in [1.29, 1.82) is 0 Å². The first-order chi connectivity index (χ1) is 55.9. The Morgan fingerprint density at radius 3 is 1.56 bits per heavy atom. The van der Waals surface area contributed by atoms with Gasteiger partial charge in [0.2, 0.25) is 35.3 Å². The molecule has 40 heteroatoms. The number of rotatable bonds is 43. The Labute approximate surface area is 678 Å². The maximum Gasteiger partial charge on any atom is 0.291 e. The van der Waals surface area contributed by atoms with Gasteiger partial charge in [-0.25, -0.2) is 15.0 Å². The van der Waals surface area contributed by atoms with E-state index in [1.165, 1.54) is 60.1 Å². The summed E-state index contributed by atoms with van der Waals surface area (Å²) >= 11 is 7.99. The van der Waals surface area contributed by atoms with E-state index in [-0.39, 0.29) is 116 Å². The molecule has 1 atom stereocenters. The highest BCUT2D eigenvalue weighted by Gasteiger charge is 2.39. The summed E-state index contributed by atoms with van der Waals surface area (Å²) in [7, 11) is 8.05. The molecule has 10 heterocycles. The van der Waals surface area contributed by atoms with Crippen LogP contribution in [0.5, 0.6) is 0 Å². The standard InChI is InChI=1S/C76H100ClN23O15S/c1-48-49(2)116-76-65(48)66(51-9-11-52(77)12-10-51)85-56(67-91-90-50(3)100(67)76)41-64(104)99-44-55(45-99)98-24-22-97(23-25-98)26-28-111-30-32-113-34-36-115-38-37-114-35-33-112-31-29-110-27-20-78-61(101)13-16-82-73(107)69-88-59(46-95(69)7)86-62(102)14-17-81-72(106)58-40-54(43-94(58)6)84-75(109)70-89-60(47-96(70)8)87-63(103)15-18-80-71(105)57-39-53(42-93(57)5)83-74(108)68-79-19-21-92(68)4/h9-12,19,21,39-40,42-43,46-47,55-56H,13-18,20,22-38,41,44-45H2,1-8H3,(H,78,101)(H,80,105)(H,81,106)(H,82,107)(H,83,108)(H,84,109)(H,86,102)(H,87,103)/t56-/m0/s1. The van der Waals surface area contributed by atoms with Crippen LogP contribution in [0.3, 0.4) is 0 Å². The number of hydrogen-bond donors (Lipinski definition) is 8. The molecule has 0 spiro atoms. The van der Waals surface area contributed by atoms with E-state index in [2.05, 4.69) is 95.9 Å². The minimum absolute atomic E-state index is 0.000593. The van der Waals surface area contributed by atoms with Crippen molar-refractivity contribution in [2.75, 3.05) is 173 Å². The number of benzene rings is 1. The van der Waals surface area contributed by atoms with Gasteiger partial charge in [-0.15, -0.1) is 21.5 Å². The first-order valence-electron chi connectivity index (χ1n) is 38.2. The second-order valence-electron chi connectivity index (χ2n) is 27.9. The zero-order valence-electron chi connectivity index (χ0n) is 66.3. The van der Waals surface area contributed by atoms with E-state index >= 15 is 0 Å². The van der Waals surface area contributed by atoms with Gasteiger partial charge in [-0.3, -0.25) is 62.5 Å². The van der Waals surface area contributed by atoms with Gasteiger partial charge in [-0.05, 0) is 50.6 Å². The van der Waals surface area contributed by atoms with Crippen molar-refractivity contribution in [2.24, 2.45) is 40.2 Å². The Bertz CT molecular complexity index is 4790. The molecule has 0 saturated carbocycles. The molecule has 7 aromatic heterocycles. The van der Waals surface area contributed by atoms with Crippen molar-refractivity contribution in [1.82, 2.24) is 88.5 Å². The van der Waals surface area contributed by atoms with E-state index in [1.54, 1.807) is 63.5 Å². The number of carbonyl (C=O) groups is 9. The van der Waals surface area contributed by atoms with Crippen LogP contribution >= 0.6 is 22.9 Å². The highest BCUT2D eigenvalue weighted by atomic mass is 35.5. The Hall–Kier alpha value is -10.9. The molecule has 1 aromatic carbocycles. The number of anilines is 4. The molecular weight excluding hydrogens is 1540 g/mol. The molecule has 0 radical (unpaired) electrons. The van der Waals surface area contributed by atoms with Gasteiger partial charge in [0.15, 0.2) is 23.3 Å². The third-order valence-electron chi connectivity index (χ3n) is 19.5. The van der Waals surface area contributed by atoms with E-state index in [0.717, 1.165) is 66.0 Å². The number of hydrogen-bond acceptors (Lipinski definition) is 24. The van der Waals surface area contributed by atoms with Crippen molar-refractivity contribution in [2.45, 2.75) is 58.5 Å². The lowest BCUT2D eigenvalue weighted by Gasteiger charge is -2.48. The first kappa shape index (κ1) is 86.0. The summed E-state index contributed by atoms with van der Waals surface area (Å²) in [5, 5.41) is 32.1. The van der Waals surface area contributed by atoms with Crippen molar-refractivity contribution in [3.05, 3.63) is 141 Å². The highest BCUT2D eigenvalue weighted by Crippen LogP contribution is 2.40. The number of aromatic nitrogens is 11. The summed E-state index contributed by atoms with van der Waals surface area (Å²) in [6, 6.07) is 10.5. The van der Waals surface area contributed by atoms with Crippen molar-refractivity contribution in [3.8, 4) is 5.00 Å². The minimum atomic E-state index is -0.638. The lowest BCUT2D eigenvalue weighted by atomic mass is 9.99. The molecule has 3 aliphatic heterocycles. The monoisotopic (exact) mass is 1640 g/mol. The lowest BCUT2D eigenvalue weighted by molar-refractivity contribution is -0.139. The number of ether oxygens (including phenoxy) is 6. The molecule has 0 aliphatic carbocycles. The van der Waals surface area contributed by atoms with Crippen LogP contribution in [0.1, 0.15) is 118 Å². The molecular formula is C76H100ClN23O15S. The predicted octanol–water partition coefficient (Wildman–Crippen LogP) is 2.95. The average Bonchev–Trinajstić information content (AvgIpc) is 1.58. The molecule has 2 fully saturated rings. The molecule has 0 bridgehead atoms. The quantitative estimate of drug-likeness (QED) is 0.0255. The molecule has 2 saturated heterocycles. The summed E-state index contributed by atoms with van der Waals surface area (Å²) < 4.78 is 43.4. The molecule has 3 aliphatic rings. The second-order valence-corrected chi connectivity index (χ2v) is 29.6. The van der Waals surface area contributed by atoms with Gasteiger partial charge in [0.25, 0.3) is 29.5 Å². The summed E-state index contributed by atoms with van der Waals surface area (Å²) in [5.74, 6) is -2.09. The summed E-state index contributed by atoms with van der Waals surface area (Å²) in [6.07, 6.45) is 9.05. The molecule has 116 heavy (non-hydrogen) atoms. The normalized spacial score (nSPS) is 14.3.